The Morgan fingerprint density at radius 3 is 2.74 bits per heavy atom. The van der Waals surface area contributed by atoms with Gasteiger partial charge in [-0.05, 0) is 13.0 Å². The first-order valence-corrected chi connectivity index (χ1v) is 6.98. The van der Waals surface area contributed by atoms with Crippen molar-refractivity contribution in [2.45, 2.75) is 12.8 Å². The molecule has 1 aliphatic heterocycles. The molecule has 2 N–H and O–H groups in total. The van der Waals surface area contributed by atoms with Crippen molar-refractivity contribution in [3.63, 3.8) is 0 Å². The van der Waals surface area contributed by atoms with Crippen molar-refractivity contribution in [1.82, 2.24) is 4.57 Å². The zero-order valence-electron chi connectivity index (χ0n) is 12.6. The Balaban J connectivity index is 2.39. The van der Waals surface area contributed by atoms with Crippen LogP contribution in [0.5, 0.6) is 5.75 Å². The third kappa shape index (κ3) is 2.18. The molecule has 0 spiro atoms. The second kappa shape index (κ2) is 5.29. The van der Waals surface area contributed by atoms with Crippen molar-refractivity contribution in [3.05, 3.63) is 74.8 Å². The highest BCUT2D eigenvalue weighted by atomic mass is 19.1. The van der Waals surface area contributed by atoms with E-state index in [0.29, 0.717) is 5.69 Å². The number of nitriles is 1. The van der Waals surface area contributed by atoms with Gasteiger partial charge in [0.15, 0.2) is 0 Å². The fourth-order valence-electron chi connectivity index (χ4n) is 2.76. The fourth-order valence-corrected chi connectivity index (χ4v) is 2.76. The van der Waals surface area contributed by atoms with Gasteiger partial charge >= 0.3 is 0 Å². The monoisotopic (exact) mass is 311 g/mol. The minimum absolute atomic E-state index is 0.0311. The van der Waals surface area contributed by atoms with E-state index in [1.165, 1.54) is 10.6 Å². The second-order valence-electron chi connectivity index (χ2n) is 5.37. The summed E-state index contributed by atoms with van der Waals surface area (Å²) in [5.74, 6) is -1.24. The quantitative estimate of drug-likeness (QED) is 0.874. The van der Waals surface area contributed by atoms with E-state index in [0.717, 1.165) is 0 Å². The van der Waals surface area contributed by atoms with Gasteiger partial charge in [-0.15, -0.1) is 0 Å². The second-order valence-corrected chi connectivity index (χ2v) is 5.37. The van der Waals surface area contributed by atoms with E-state index >= 15 is 0 Å². The number of benzene rings is 1. The Morgan fingerprint density at radius 1 is 1.39 bits per heavy atom. The molecule has 1 aliphatic rings. The number of aryl methyl sites for hydroxylation is 1. The van der Waals surface area contributed by atoms with Crippen LogP contribution in [0.25, 0.3) is 0 Å². The molecule has 0 saturated heterocycles. The molecular weight excluding hydrogens is 297 g/mol. The molecule has 23 heavy (non-hydrogen) atoms. The number of allylic oxidation sites excluding steroid dienone is 1. The van der Waals surface area contributed by atoms with Crippen LogP contribution >= 0.6 is 0 Å². The third-order valence-corrected chi connectivity index (χ3v) is 4.07. The normalized spacial score (nSPS) is 16.5. The summed E-state index contributed by atoms with van der Waals surface area (Å²) in [6.07, 6.45) is 0. The summed E-state index contributed by atoms with van der Waals surface area (Å²) >= 11 is 0. The zero-order chi connectivity index (χ0) is 16.7. The molecule has 0 fully saturated rings. The molecule has 1 aromatic carbocycles. The smallest absolute Gasteiger partial charge is 0.258 e. The van der Waals surface area contributed by atoms with Crippen molar-refractivity contribution in [3.8, 4) is 11.8 Å². The molecular formula is C17H14FN3O2. The number of aromatic nitrogens is 1. The van der Waals surface area contributed by atoms with E-state index in [4.69, 9.17) is 10.5 Å². The number of hydrogen-bond donors (Lipinski definition) is 1. The first-order valence-electron chi connectivity index (χ1n) is 6.98. The van der Waals surface area contributed by atoms with Gasteiger partial charge < -0.3 is 15.0 Å². The maximum absolute atomic E-state index is 14.3. The summed E-state index contributed by atoms with van der Waals surface area (Å²) in [7, 11) is 1.62. The molecule has 3 rings (SSSR count). The highest BCUT2D eigenvalue weighted by Crippen LogP contribution is 2.41. The van der Waals surface area contributed by atoms with E-state index in [1.54, 1.807) is 38.2 Å². The van der Waals surface area contributed by atoms with Crippen molar-refractivity contribution in [2.75, 3.05) is 0 Å². The summed E-state index contributed by atoms with van der Waals surface area (Å²) < 4.78 is 21.2. The highest BCUT2D eigenvalue weighted by Gasteiger charge is 2.35. The molecule has 0 amide bonds. The van der Waals surface area contributed by atoms with Crippen LogP contribution in [-0.4, -0.2) is 4.57 Å². The van der Waals surface area contributed by atoms with Crippen LogP contribution in [0.1, 0.15) is 22.7 Å². The molecule has 2 aromatic rings. The van der Waals surface area contributed by atoms with Gasteiger partial charge in [-0.3, -0.25) is 4.79 Å². The topological polar surface area (TPSA) is 81.0 Å². The largest absolute Gasteiger partial charge is 0.440 e. The number of rotatable bonds is 1. The molecule has 0 bridgehead atoms. The van der Waals surface area contributed by atoms with Gasteiger partial charge in [0.2, 0.25) is 5.88 Å². The molecule has 0 saturated carbocycles. The van der Waals surface area contributed by atoms with Gasteiger partial charge in [-0.2, -0.15) is 5.26 Å². The van der Waals surface area contributed by atoms with Crippen molar-refractivity contribution in [2.24, 2.45) is 12.8 Å². The van der Waals surface area contributed by atoms with Crippen LogP contribution in [0.2, 0.25) is 0 Å². The molecule has 116 valence electrons. The highest BCUT2D eigenvalue weighted by molar-refractivity contribution is 5.55. The van der Waals surface area contributed by atoms with Crippen LogP contribution in [0.15, 0.2) is 46.6 Å². The van der Waals surface area contributed by atoms with Crippen LogP contribution < -0.4 is 16.0 Å². The van der Waals surface area contributed by atoms with E-state index in [9.17, 15) is 14.4 Å². The minimum atomic E-state index is -0.885. The number of nitrogens with two attached hydrogens (primary N) is 1. The van der Waals surface area contributed by atoms with Crippen LogP contribution in [-0.2, 0) is 7.05 Å². The summed E-state index contributed by atoms with van der Waals surface area (Å²) in [4.78, 5) is 12.7. The summed E-state index contributed by atoms with van der Waals surface area (Å²) in [5.41, 5.74) is 6.63. The number of ether oxygens (including phenoxy) is 1. The summed E-state index contributed by atoms with van der Waals surface area (Å²) in [5, 5.41) is 9.43. The van der Waals surface area contributed by atoms with E-state index in [2.05, 4.69) is 0 Å². The lowest BCUT2D eigenvalue weighted by Crippen LogP contribution is -2.31. The van der Waals surface area contributed by atoms with Crippen LogP contribution in [0.3, 0.4) is 0 Å². The van der Waals surface area contributed by atoms with E-state index in [-0.39, 0.29) is 33.9 Å². The number of hydrogen-bond acceptors (Lipinski definition) is 4. The lowest BCUT2D eigenvalue weighted by atomic mass is 9.83. The number of pyridine rings is 1. The first kappa shape index (κ1) is 14.9. The lowest BCUT2D eigenvalue weighted by molar-refractivity contribution is 0.388. The van der Waals surface area contributed by atoms with Crippen LogP contribution in [0, 0.1) is 24.1 Å². The average Bonchev–Trinajstić information content (AvgIpc) is 2.52. The lowest BCUT2D eigenvalue weighted by Gasteiger charge is -2.27. The van der Waals surface area contributed by atoms with Crippen molar-refractivity contribution >= 4 is 0 Å². The maximum atomic E-state index is 14.3. The van der Waals surface area contributed by atoms with Crippen molar-refractivity contribution < 1.29 is 9.13 Å². The van der Waals surface area contributed by atoms with Gasteiger partial charge in [0.25, 0.3) is 5.56 Å². The molecule has 0 aliphatic carbocycles. The predicted molar refractivity (Wildman–Crippen MR) is 82.1 cm³/mol. The molecule has 1 aromatic heterocycles. The average molecular weight is 311 g/mol. The van der Waals surface area contributed by atoms with Gasteiger partial charge in [-0.25, -0.2) is 4.39 Å². The van der Waals surface area contributed by atoms with E-state index in [1.807, 2.05) is 6.07 Å². The standard InChI is InChI=1S/C17H14FN3O2/c1-9-7-13-15(17(22)21(9)2)14(11(8-19)16(20)23-13)10-5-3-4-6-12(10)18/h3-7,14H,20H2,1-2H3/t14-/m0/s1. The summed E-state index contributed by atoms with van der Waals surface area (Å²) in [6, 6.07) is 9.63. The molecule has 0 unspecified atom stereocenters. The van der Waals surface area contributed by atoms with Gasteiger partial charge in [-0.1, -0.05) is 18.2 Å². The zero-order valence-corrected chi connectivity index (χ0v) is 12.6. The molecule has 0 radical (unpaired) electrons. The van der Waals surface area contributed by atoms with E-state index < -0.39 is 11.7 Å². The number of nitrogens with zero attached hydrogens (tertiary/aromatic N) is 2. The SMILES string of the molecule is Cc1cc2c(c(=O)n1C)[C@@H](c1ccccc1F)C(C#N)=C(N)O2. The predicted octanol–water partition coefficient (Wildman–Crippen LogP) is 2.05. The Bertz CT molecular complexity index is 938. The van der Waals surface area contributed by atoms with Gasteiger partial charge in [0.1, 0.15) is 23.2 Å². The fraction of sp³-hybridized carbons (Fsp3) is 0.176. The van der Waals surface area contributed by atoms with Gasteiger partial charge in [0.05, 0.1) is 11.5 Å². The molecule has 2 heterocycles. The number of fused-ring (bicyclic) bond motifs is 1. The maximum Gasteiger partial charge on any atom is 0.258 e. The Kier molecular flexibility index (Phi) is 3.41. The summed E-state index contributed by atoms with van der Waals surface area (Å²) in [6.45, 7) is 1.75. The number of halogens is 1. The first-order chi connectivity index (χ1) is 11.0. The van der Waals surface area contributed by atoms with Crippen molar-refractivity contribution in [1.29, 1.82) is 5.26 Å². The Labute approximate surface area is 132 Å². The molecule has 5 nitrogen and oxygen atoms in total. The van der Waals surface area contributed by atoms with Gasteiger partial charge in [0, 0.05) is 24.4 Å². The Hall–Kier alpha value is -3.07. The minimum Gasteiger partial charge on any atom is -0.440 e. The molecule has 6 heteroatoms. The van der Waals surface area contributed by atoms with Crippen LogP contribution in [0.4, 0.5) is 4.39 Å². The Morgan fingerprint density at radius 2 is 2.09 bits per heavy atom. The molecule has 1 atom stereocenters. The third-order valence-electron chi connectivity index (χ3n) is 4.07.